The molecule has 0 bridgehead atoms. The molecular formula is C23H31N3O5S. The van der Waals surface area contributed by atoms with Gasteiger partial charge in [-0.3, -0.25) is 10.1 Å². The molecule has 0 unspecified atom stereocenters. The number of carbonyl (C=O) groups is 2. The lowest BCUT2D eigenvalue weighted by Gasteiger charge is -2.58. The molecule has 0 radical (unpaired) electrons. The van der Waals surface area contributed by atoms with Crippen LogP contribution in [0.3, 0.4) is 0 Å². The highest BCUT2D eigenvalue weighted by Crippen LogP contribution is 2.62. The fraction of sp³-hybridized carbons (Fsp3) is 0.609. The predicted molar refractivity (Wildman–Crippen MR) is 122 cm³/mol. The Morgan fingerprint density at radius 3 is 2.88 bits per heavy atom. The number of anilines is 1. The average molecular weight is 462 g/mol. The van der Waals surface area contributed by atoms with Crippen LogP contribution >= 0.6 is 11.3 Å². The lowest BCUT2D eigenvalue weighted by atomic mass is 9.47. The molecule has 0 aromatic carbocycles. The topological polar surface area (TPSA) is 121 Å². The number of hydrogen-bond donors (Lipinski definition) is 4. The van der Waals surface area contributed by atoms with E-state index in [2.05, 4.69) is 35.0 Å². The quantitative estimate of drug-likeness (QED) is 0.366. The molecule has 1 fully saturated rings. The summed E-state index contributed by atoms with van der Waals surface area (Å²) in [6.45, 7) is 7.62. The number of carbonyl (C=O) groups excluding carboxylic acids is 2. The molecule has 5 atom stereocenters. The van der Waals surface area contributed by atoms with Crippen molar-refractivity contribution < 1.29 is 24.5 Å². The summed E-state index contributed by atoms with van der Waals surface area (Å²) >= 11 is 1.34. The van der Waals surface area contributed by atoms with E-state index in [4.69, 9.17) is 11.2 Å². The lowest BCUT2D eigenvalue weighted by molar-refractivity contribution is -0.144. The summed E-state index contributed by atoms with van der Waals surface area (Å²) in [5, 5.41) is 26.8. The van der Waals surface area contributed by atoms with Crippen LogP contribution in [-0.4, -0.2) is 53.1 Å². The van der Waals surface area contributed by atoms with Crippen LogP contribution in [0.5, 0.6) is 0 Å². The Balaban J connectivity index is 1.99. The third kappa shape index (κ3) is 4.40. The molecule has 0 spiro atoms. The first kappa shape index (κ1) is 24.2. The van der Waals surface area contributed by atoms with Gasteiger partial charge in [-0.25, -0.2) is 9.78 Å². The first-order chi connectivity index (χ1) is 15.2. The fourth-order valence-corrected chi connectivity index (χ4v) is 6.42. The second-order valence-electron chi connectivity index (χ2n) is 9.06. The van der Waals surface area contributed by atoms with Gasteiger partial charge < -0.3 is 20.3 Å². The van der Waals surface area contributed by atoms with Gasteiger partial charge in [-0.05, 0) is 30.6 Å². The average Bonchev–Trinajstić information content (AvgIpc) is 3.17. The van der Waals surface area contributed by atoms with Gasteiger partial charge in [0.2, 0.25) is 5.91 Å². The number of aliphatic hydroxyl groups is 2. The Bertz CT molecular complexity index is 925. The molecule has 2 aliphatic rings. The number of aromatic nitrogens is 1. The van der Waals surface area contributed by atoms with Gasteiger partial charge in [-0.1, -0.05) is 32.4 Å². The van der Waals surface area contributed by atoms with E-state index >= 15 is 0 Å². The number of fused-ring (bicyclic) bond motifs is 2. The fourth-order valence-electron chi connectivity index (χ4n) is 5.36. The Morgan fingerprint density at radius 2 is 2.22 bits per heavy atom. The molecular weight excluding hydrogens is 430 g/mol. The monoisotopic (exact) mass is 461 g/mol. The van der Waals surface area contributed by atoms with Crippen molar-refractivity contribution in [1.82, 2.24) is 10.3 Å². The van der Waals surface area contributed by atoms with Crippen LogP contribution in [0, 0.1) is 29.1 Å². The van der Waals surface area contributed by atoms with Gasteiger partial charge in [0.15, 0.2) is 5.13 Å². The second kappa shape index (κ2) is 9.61. The largest absolute Gasteiger partial charge is 0.445 e. The SMILES string of the molecule is C#CCNC(=O)C[C@@H]1c2nc(NC(=O)OCC=C)sc2C[C@@H]2[C@](C)(CO)[C@H](O)CC[C@]21C. The van der Waals surface area contributed by atoms with Gasteiger partial charge in [0, 0.05) is 22.6 Å². The van der Waals surface area contributed by atoms with E-state index in [0.717, 1.165) is 10.6 Å². The van der Waals surface area contributed by atoms with Crippen molar-refractivity contribution in [2.45, 2.75) is 51.6 Å². The molecule has 32 heavy (non-hydrogen) atoms. The number of nitrogens with zero attached hydrogens (tertiary/aromatic N) is 1. The third-order valence-electron chi connectivity index (χ3n) is 7.21. The van der Waals surface area contributed by atoms with E-state index in [1.54, 1.807) is 0 Å². The van der Waals surface area contributed by atoms with Crippen molar-refractivity contribution in [3.05, 3.63) is 23.2 Å². The minimum absolute atomic E-state index is 0.0669. The molecule has 4 N–H and O–H groups in total. The van der Waals surface area contributed by atoms with Crippen LogP contribution in [0.1, 0.15) is 49.6 Å². The summed E-state index contributed by atoms with van der Waals surface area (Å²) in [7, 11) is 0. The molecule has 2 amide bonds. The van der Waals surface area contributed by atoms with Gasteiger partial charge in [0.25, 0.3) is 0 Å². The standard InChI is InChI=1S/C23H31N3O5S/c1-5-9-24-18(29)11-14-19-15(32-20(25-19)26-21(30)31-10-6-2)12-16-22(14,3)8-7-17(28)23(16,4)13-27/h1,6,14,16-17,27-28H,2,7-13H2,3-4H3,(H,24,29)(H,25,26,30)/t14-,16+,17-,22+,23+/m1/s1. The summed E-state index contributed by atoms with van der Waals surface area (Å²) in [5.74, 6) is 1.92. The molecule has 8 nitrogen and oxygen atoms in total. The van der Waals surface area contributed by atoms with Crippen LogP contribution < -0.4 is 10.6 Å². The smallest absolute Gasteiger partial charge is 0.413 e. The van der Waals surface area contributed by atoms with Gasteiger partial charge in [0.1, 0.15) is 6.61 Å². The first-order valence-corrected chi connectivity index (χ1v) is 11.5. The molecule has 1 aromatic rings. The Labute approximate surface area is 192 Å². The number of amides is 2. The second-order valence-corrected chi connectivity index (χ2v) is 10.1. The highest BCUT2D eigenvalue weighted by atomic mass is 32.1. The van der Waals surface area contributed by atoms with Gasteiger partial charge in [-0.2, -0.15) is 0 Å². The van der Waals surface area contributed by atoms with Crippen molar-refractivity contribution in [2.24, 2.45) is 16.7 Å². The summed E-state index contributed by atoms with van der Waals surface area (Å²) in [4.78, 5) is 30.3. The molecule has 2 aliphatic carbocycles. The summed E-state index contributed by atoms with van der Waals surface area (Å²) in [6, 6.07) is 0. The zero-order valence-electron chi connectivity index (χ0n) is 18.5. The first-order valence-electron chi connectivity index (χ1n) is 10.7. The maximum absolute atomic E-state index is 12.7. The van der Waals surface area contributed by atoms with Crippen molar-refractivity contribution in [1.29, 1.82) is 0 Å². The lowest BCUT2D eigenvalue weighted by Crippen LogP contribution is -2.57. The van der Waals surface area contributed by atoms with Gasteiger partial charge >= 0.3 is 6.09 Å². The third-order valence-corrected chi connectivity index (χ3v) is 8.22. The molecule has 1 heterocycles. The van der Waals surface area contributed by atoms with E-state index in [-0.39, 0.29) is 49.3 Å². The Morgan fingerprint density at radius 1 is 1.47 bits per heavy atom. The molecule has 3 rings (SSSR count). The maximum Gasteiger partial charge on any atom is 0.413 e. The molecule has 1 saturated carbocycles. The molecule has 0 aliphatic heterocycles. The van der Waals surface area contributed by atoms with Crippen molar-refractivity contribution in [3.8, 4) is 12.3 Å². The van der Waals surface area contributed by atoms with Crippen LogP contribution in [0.25, 0.3) is 0 Å². The van der Waals surface area contributed by atoms with E-state index in [1.807, 2.05) is 6.92 Å². The molecule has 9 heteroatoms. The summed E-state index contributed by atoms with van der Waals surface area (Å²) in [6.07, 6.45) is 7.51. The Kier molecular flexibility index (Phi) is 7.28. The van der Waals surface area contributed by atoms with Crippen molar-refractivity contribution in [3.63, 3.8) is 0 Å². The summed E-state index contributed by atoms with van der Waals surface area (Å²) in [5.41, 5.74) is -0.301. The van der Waals surface area contributed by atoms with Gasteiger partial charge in [-0.15, -0.1) is 17.8 Å². The number of hydrogen-bond acceptors (Lipinski definition) is 7. The number of aliphatic hydroxyl groups excluding tert-OH is 2. The highest BCUT2D eigenvalue weighted by molar-refractivity contribution is 7.15. The number of rotatable bonds is 7. The zero-order valence-corrected chi connectivity index (χ0v) is 19.3. The highest BCUT2D eigenvalue weighted by Gasteiger charge is 2.59. The van der Waals surface area contributed by atoms with Gasteiger partial charge in [0.05, 0.1) is 24.9 Å². The van der Waals surface area contributed by atoms with E-state index in [1.165, 1.54) is 17.4 Å². The van der Waals surface area contributed by atoms with Crippen LogP contribution in [0.15, 0.2) is 12.7 Å². The Hall–Kier alpha value is -2.41. The number of nitrogens with one attached hydrogen (secondary N) is 2. The minimum atomic E-state index is -0.710. The number of terminal acetylenes is 1. The van der Waals surface area contributed by atoms with Crippen molar-refractivity contribution in [2.75, 3.05) is 25.1 Å². The number of thiazole rings is 1. The van der Waals surface area contributed by atoms with Crippen LogP contribution in [0.4, 0.5) is 9.93 Å². The van der Waals surface area contributed by atoms with E-state index in [0.29, 0.717) is 24.4 Å². The van der Waals surface area contributed by atoms with Crippen LogP contribution in [0.2, 0.25) is 0 Å². The molecule has 174 valence electrons. The van der Waals surface area contributed by atoms with Crippen molar-refractivity contribution >= 4 is 28.5 Å². The van der Waals surface area contributed by atoms with E-state index < -0.39 is 17.6 Å². The normalized spacial score (nSPS) is 30.9. The maximum atomic E-state index is 12.7. The predicted octanol–water partition coefficient (Wildman–Crippen LogP) is 2.43. The summed E-state index contributed by atoms with van der Waals surface area (Å²) < 4.78 is 4.99. The number of ether oxygens (including phenoxy) is 1. The minimum Gasteiger partial charge on any atom is -0.445 e. The molecule has 0 saturated heterocycles. The molecule has 1 aromatic heterocycles. The zero-order chi connectivity index (χ0) is 23.5. The van der Waals surface area contributed by atoms with E-state index in [9.17, 15) is 19.8 Å². The van der Waals surface area contributed by atoms with Crippen LogP contribution in [-0.2, 0) is 16.0 Å².